The Balaban J connectivity index is 2.88. The van der Waals surface area contributed by atoms with Crippen molar-refractivity contribution in [2.24, 2.45) is 0 Å². The summed E-state index contributed by atoms with van der Waals surface area (Å²) in [5, 5.41) is 10.5. The molecule has 1 N–H and O–H groups in total. The highest BCUT2D eigenvalue weighted by atomic mass is 16.5. The summed E-state index contributed by atoms with van der Waals surface area (Å²) in [5.74, 6) is 0.693. The molecule has 0 fully saturated rings. The molecule has 0 saturated carbocycles. The predicted octanol–water partition coefficient (Wildman–Crippen LogP) is 2.11. The Morgan fingerprint density at radius 3 is 2.61 bits per heavy atom. The number of rotatable bonds is 3. The van der Waals surface area contributed by atoms with Crippen LogP contribution in [0.15, 0.2) is 18.2 Å². The molecule has 4 nitrogen and oxygen atoms in total. The van der Waals surface area contributed by atoms with Crippen LogP contribution in [0.1, 0.15) is 11.3 Å². The number of aryl methyl sites for hydroxylation is 1. The smallest absolute Gasteiger partial charge is 0.125 e. The minimum absolute atomic E-state index is 0.0634. The number of nitrogens with zero attached hydrogens (tertiary/aromatic N) is 2. The Labute approximate surface area is 107 Å². The van der Waals surface area contributed by atoms with Crippen LogP contribution >= 0.6 is 0 Å². The number of hydrogen-bond donors (Lipinski definition) is 1. The molecule has 96 valence electrons. The summed E-state index contributed by atoms with van der Waals surface area (Å²) in [5.41, 5.74) is 3.66. The fourth-order valence-corrected chi connectivity index (χ4v) is 2.19. The van der Waals surface area contributed by atoms with Crippen LogP contribution in [-0.4, -0.2) is 31.3 Å². The molecule has 0 radical (unpaired) electrons. The molecule has 0 saturated heterocycles. The summed E-state index contributed by atoms with van der Waals surface area (Å²) in [6.07, 6.45) is 0. The third-order valence-corrected chi connectivity index (χ3v) is 3.01. The molecule has 0 aliphatic heterocycles. The number of anilines is 1. The summed E-state index contributed by atoms with van der Waals surface area (Å²) < 4.78 is 5.30. The topological polar surface area (TPSA) is 45.6 Å². The van der Waals surface area contributed by atoms with Crippen molar-refractivity contribution in [2.45, 2.75) is 13.5 Å². The third-order valence-electron chi connectivity index (χ3n) is 3.01. The second-order valence-corrected chi connectivity index (χ2v) is 4.48. The van der Waals surface area contributed by atoms with Crippen LogP contribution in [0, 0.1) is 6.92 Å². The second kappa shape index (κ2) is 4.82. The molecule has 0 aliphatic rings. The maximum Gasteiger partial charge on any atom is 0.125 e. The second-order valence-electron chi connectivity index (χ2n) is 4.48. The van der Waals surface area contributed by atoms with E-state index in [4.69, 9.17) is 4.74 Å². The molecule has 0 unspecified atom stereocenters. The average Bonchev–Trinajstić information content (AvgIpc) is 2.35. The van der Waals surface area contributed by atoms with Gasteiger partial charge < -0.3 is 14.7 Å². The maximum absolute atomic E-state index is 9.60. The largest absolute Gasteiger partial charge is 0.496 e. The van der Waals surface area contributed by atoms with Gasteiger partial charge in [0.25, 0.3) is 0 Å². The fraction of sp³-hybridized carbons (Fsp3) is 0.357. The van der Waals surface area contributed by atoms with Crippen molar-refractivity contribution in [3.05, 3.63) is 29.5 Å². The van der Waals surface area contributed by atoms with Gasteiger partial charge in [-0.25, -0.2) is 0 Å². The molecule has 0 bridgehead atoms. The van der Waals surface area contributed by atoms with Crippen LogP contribution in [-0.2, 0) is 6.61 Å². The molecule has 1 aromatic heterocycles. The lowest BCUT2D eigenvalue weighted by Gasteiger charge is -2.19. The van der Waals surface area contributed by atoms with Gasteiger partial charge in [-0.2, -0.15) is 0 Å². The molecule has 0 spiro atoms. The van der Waals surface area contributed by atoms with E-state index >= 15 is 0 Å². The Bertz CT molecular complexity index is 580. The maximum atomic E-state index is 9.60. The van der Waals surface area contributed by atoms with Gasteiger partial charge in [-0.3, -0.25) is 4.98 Å². The van der Waals surface area contributed by atoms with Gasteiger partial charge in [0.2, 0.25) is 0 Å². The van der Waals surface area contributed by atoms with E-state index < -0.39 is 0 Å². The number of aliphatic hydroxyl groups is 1. The van der Waals surface area contributed by atoms with Gasteiger partial charge in [0.05, 0.1) is 19.2 Å². The Morgan fingerprint density at radius 2 is 2.06 bits per heavy atom. The number of hydrogen-bond acceptors (Lipinski definition) is 4. The van der Waals surface area contributed by atoms with Crippen LogP contribution in [0.5, 0.6) is 5.75 Å². The first-order valence-electron chi connectivity index (χ1n) is 5.84. The van der Waals surface area contributed by atoms with Crippen molar-refractivity contribution < 1.29 is 9.84 Å². The lowest BCUT2D eigenvalue weighted by atomic mass is 10.0. The van der Waals surface area contributed by atoms with E-state index in [1.807, 2.05) is 44.1 Å². The van der Waals surface area contributed by atoms with Gasteiger partial charge in [0.15, 0.2) is 0 Å². The first kappa shape index (κ1) is 12.6. The number of aliphatic hydroxyl groups excluding tert-OH is 1. The molecule has 0 amide bonds. The molecule has 4 heteroatoms. The van der Waals surface area contributed by atoms with Gasteiger partial charge in [-0.05, 0) is 25.1 Å². The number of methoxy groups -OCH3 is 1. The summed E-state index contributed by atoms with van der Waals surface area (Å²) in [6, 6.07) is 5.79. The first-order chi connectivity index (χ1) is 8.58. The lowest BCUT2D eigenvalue weighted by Crippen LogP contribution is -2.11. The van der Waals surface area contributed by atoms with Crippen molar-refractivity contribution in [2.75, 3.05) is 26.1 Å². The van der Waals surface area contributed by atoms with Crippen molar-refractivity contribution in [3.63, 3.8) is 0 Å². The fourth-order valence-electron chi connectivity index (χ4n) is 2.19. The normalized spacial score (nSPS) is 10.7. The van der Waals surface area contributed by atoms with Gasteiger partial charge >= 0.3 is 0 Å². The van der Waals surface area contributed by atoms with E-state index in [1.54, 1.807) is 7.11 Å². The van der Waals surface area contributed by atoms with Crippen LogP contribution in [0.4, 0.5) is 5.69 Å². The zero-order valence-electron chi connectivity index (χ0n) is 11.2. The Kier molecular flexibility index (Phi) is 3.39. The van der Waals surface area contributed by atoms with Crippen LogP contribution in [0.25, 0.3) is 10.9 Å². The molecule has 1 heterocycles. The molecule has 0 atom stereocenters. The summed E-state index contributed by atoms with van der Waals surface area (Å²) >= 11 is 0. The van der Waals surface area contributed by atoms with Crippen molar-refractivity contribution in [3.8, 4) is 5.75 Å². The van der Waals surface area contributed by atoms with E-state index in [0.717, 1.165) is 27.8 Å². The first-order valence-corrected chi connectivity index (χ1v) is 5.84. The monoisotopic (exact) mass is 246 g/mol. The third kappa shape index (κ3) is 1.99. The molecular weight excluding hydrogens is 228 g/mol. The predicted molar refractivity (Wildman–Crippen MR) is 73.3 cm³/mol. The van der Waals surface area contributed by atoms with E-state index in [1.165, 1.54) is 0 Å². The minimum atomic E-state index is -0.0634. The molecule has 2 rings (SSSR count). The quantitative estimate of drug-likeness (QED) is 0.901. The molecule has 18 heavy (non-hydrogen) atoms. The highest BCUT2D eigenvalue weighted by Crippen LogP contribution is 2.34. The van der Waals surface area contributed by atoms with Gasteiger partial charge in [-0.15, -0.1) is 0 Å². The average molecular weight is 246 g/mol. The highest BCUT2D eigenvalue weighted by Gasteiger charge is 2.14. The summed E-state index contributed by atoms with van der Waals surface area (Å²) in [7, 11) is 5.57. The number of aromatic nitrogens is 1. The Morgan fingerprint density at radius 1 is 1.33 bits per heavy atom. The standard InChI is InChI=1S/C14H18N2O2/c1-9-7-12(16(2)3)14-10(8-17)13(18-4)6-5-11(14)15-9/h5-7,17H,8H2,1-4H3. The van der Waals surface area contributed by atoms with Crippen LogP contribution in [0.3, 0.4) is 0 Å². The zero-order chi connectivity index (χ0) is 13.3. The van der Waals surface area contributed by atoms with E-state index in [-0.39, 0.29) is 6.61 Å². The number of benzene rings is 1. The lowest BCUT2D eigenvalue weighted by molar-refractivity contribution is 0.275. The van der Waals surface area contributed by atoms with E-state index in [0.29, 0.717) is 5.75 Å². The SMILES string of the molecule is COc1ccc2nc(C)cc(N(C)C)c2c1CO. The minimum Gasteiger partial charge on any atom is -0.496 e. The van der Waals surface area contributed by atoms with Gasteiger partial charge in [0, 0.05) is 36.4 Å². The molecule has 2 aromatic rings. The van der Waals surface area contributed by atoms with Gasteiger partial charge in [0.1, 0.15) is 5.75 Å². The molecule has 0 aliphatic carbocycles. The van der Waals surface area contributed by atoms with Crippen LogP contribution < -0.4 is 9.64 Å². The van der Waals surface area contributed by atoms with Crippen molar-refractivity contribution in [1.29, 1.82) is 0 Å². The molecule has 1 aromatic carbocycles. The van der Waals surface area contributed by atoms with Crippen LogP contribution in [0.2, 0.25) is 0 Å². The number of ether oxygens (including phenoxy) is 1. The van der Waals surface area contributed by atoms with Gasteiger partial charge in [-0.1, -0.05) is 0 Å². The van der Waals surface area contributed by atoms with Crippen molar-refractivity contribution >= 4 is 16.6 Å². The summed E-state index contributed by atoms with van der Waals surface area (Å²) in [4.78, 5) is 6.53. The molecular formula is C14H18N2O2. The van der Waals surface area contributed by atoms with E-state index in [2.05, 4.69) is 4.98 Å². The number of fused-ring (bicyclic) bond motifs is 1. The highest BCUT2D eigenvalue weighted by molar-refractivity contribution is 5.96. The zero-order valence-corrected chi connectivity index (χ0v) is 11.2. The number of pyridine rings is 1. The summed E-state index contributed by atoms with van der Waals surface area (Å²) in [6.45, 7) is 1.90. The Hall–Kier alpha value is -1.81. The van der Waals surface area contributed by atoms with E-state index in [9.17, 15) is 5.11 Å². The van der Waals surface area contributed by atoms with Crippen molar-refractivity contribution in [1.82, 2.24) is 4.98 Å².